The van der Waals surface area contributed by atoms with Crippen molar-refractivity contribution in [1.29, 1.82) is 0 Å². The van der Waals surface area contributed by atoms with Gasteiger partial charge < -0.3 is 14.9 Å². The number of rotatable bonds is 3. The van der Waals surface area contributed by atoms with Crippen LogP contribution in [0.25, 0.3) is 5.69 Å². The SMILES string of the molecule is Cc1nc(N2CC3(C2)CN(c2nnc4n2-c2ccc(Cl)cc2CN(C2CC(O)(C(F)(F)F)C2)C4)C3)ncc1F. The Kier molecular flexibility index (Phi) is 5.28. The fourth-order valence-electron chi connectivity index (χ4n) is 6.29. The average molecular weight is 565 g/mol. The van der Waals surface area contributed by atoms with Gasteiger partial charge in [-0.1, -0.05) is 11.6 Å². The molecule has 1 saturated carbocycles. The standard InChI is InChI=1S/C25H25ClF4N8O/c1-14-18(27)7-31-21(32-14)36-10-23(11-36)12-37(13-23)22-34-33-20-9-35(17-5-24(39,6-17)25(28,29)30)8-15-4-16(26)2-3-19(15)38(20)22/h2-4,7,17,39H,5-6,8-13H2,1H3. The maximum atomic E-state index is 13.6. The van der Waals surface area contributed by atoms with Crippen LogP contribution in [0.5, 0.6) is 0 Å². The first-order chi connectivity index (χ1) is 18.4. The summed E-state index contributed by atoms with van der Waals surface area (Å²) < 4.78 is 55.4. The van der Waals surface area contributed by atoms with Gasteiger partial charge in [0.05, 0.1) is 24.1 Å². The van der Waals surface area contributed by atoms with E-state index in [-0.39, 0.29) is 18.3 Å². The van der Waals surface area contributed by atoms with E-state index in [2.05, 4.69) is 25.1 Å². The molecule has 0 bridgehead atoms. The van der Waals surface area contributed by atoms with Crippen LogP contribution in [-0.4, -0.2) is 78.7 Å². The monoisotopic (exact) mass is 564 g/mol. The van der Waals surface area contributed by atoms with Gasteiger partial charge in [-0.15, -0.1) is 10.2 Å². The Morgan fingerprint density at radius 3 is 2.46 bits per heavy atom. The predicted molar refractivity (Wildman–Crippen MR) is 133 cm³/mol. The number of aliphatic hydroxyl groups is 1. The van der Waals surface area contributed by atoms with Gasteiger partial charge in [0.2, 0.25) is 11.9 Å². The summed E-state index contributed by atoms with van der Waals surface area (Å²) in [5.41, 5.74) is -0.585. The lowest BCUT2D eigenvalue weighted by molar-refractivity contribution is -0.300. The topological polar surface area (TPSA) is 86.4 Å². The van der Waals surface area contributed by atoms with Gasteiger partial charge in [0.15, 0.2) is 17.2 Å². The fraction of sp³-hybridized carbons (Fsp3) is 0.520. The molecule has 1 aliphatic carbocycles. The lowest BCUT2D eigenvalue weighted by Gasteiger charge is -2.60. The number of hydrogen-bond donors (Lipinski definition) is 1. The van der Waals surface area contributed by atoms with Crippen LogP contribution in [0.3, 0.4) is 0 Å². The summed E-state index contributed by atoms with van der Waals surface area (Å²) in [6.45, 7) is 5.29. The van der Waals surface area contributed by atoms with Crippen molar-refractivity contribution in [3.63, 3.8) is 0 Å². The Balaban J connectivity index is 1.11. The number of alkyl halides is 3. The summed E-state index contributed by atoms with van der Waals surface area (Å²) in [4.78, 5) is 14.5. The van der Waals surface area contributed by atoms with Crippen LogP contribution >= 0.6 is 11.6 Å². The second-order valence-corrected chi connectivity index (χ2v) is 11.8. The van der Waals surface area contributed by atoms with E-state index >= 15 is 0 Å². The summed E-state index contributed by atoms with van der Waals surface area (Å²) in [6, 6.07) is 5.05. The number of halogens is 5. The van der Waals surface area contributed by atoms with Crippen molar-refractivity contribution in [2.75, 3.05) is 36.0 Å². The number of anilines is 2. The van der Waals surface area contributed by atoms with E-state index in [4.69, 9.17) is 11.6 Å². The third-order valence-electron chi connectivity index (χ3n) is 8.48. The van der Waals surface area contributed by atoms with Gasteiger partial charge in [-0.3, -0.25) is 9.47 Å². The first-order valence-corrected chi connectivity index (χ1v) is 13.1. The third kappa shape index (κ3) is 3.88. The molecule has 5 heterocycles. The number of aryl methyl sites for hydroxylation is 1. The second kappa shape index (κ2) is 8.24. The summed E-state index contributed by atoms with van der Waals surface area (Å²) in [7, 11) is 0. The summed E-state index contributed by atoms with van der Waals surface area (Å²) >= 11 is 6.30. The van der Waals surface area contributed by atoms with E-state index in [1.165, 1.54) is 6.20 Å². The molecule has 0 atom stereocenters. The second-order valence-electron chi connectivity index (χ2n) is 11.3. The van der Waals surface area contributed by atoms with Crippen molar-refractivity contribution in [2.24, 2.45) is 5.41 Å². The minimum atomic E-state index is -4.66. The predicted octanol–water partition coefficient (Wildman–Crippen LogP) is 3.26. The average Bonchev–Trinajstić information content (AvgIpc) is 3.11. The minimum Gasteiger partial charge on any atom is -0.380 e. The van der Waals surface area contributed by atoms with Gasteiger partial charge in [0.1, 0.15) is 0 Å². The molecule has 1 aromatic carbocycles. The van der Waals surface area contributed by atoms with Crippen LogP contribution in [0.2, 0.25) is 5.02 Å². The van der Waals surface area contributed by atoms with Gasteiger partial charge in [0.25, 0.3) is 0 Å². The zero-order valence-corrected chi connectivity index (χ0v) is 21.7. The van der Waals surface area contributed by atoms with Crippen molar-refractivity contribution in [1.82, 2.24) is 29.6 Å². The molecule has 3 aliphatic heterocycles. The van der Waals surface area contributed by atoms with Crippen LogP contribution in [0.1, 0.15) is 29.9 Å². The van der Waals surface area contributed by atoms with E-state index < -0.39 is 23.6 Å². The highest BCUT2D eigenvalue weighted by Gasteiger charge is 2.62. The van der Waals surface area contributed by atoms with E-state index in [0.717, 1.165) is 37.4 Å². The molecule has 39 heavy (non-hydrogen) atoms. The summed E-state index contributed by atoms with van der Waals surface area (Å²) in [5.74, 6) is 1.40. The number of nitrogens with zero attached hydrogens (tertiary/aromatic N) is 8. The highest BCUT2D eigenvalue weighted by Crippen LogP contribution is 2.49. The molecule has 14 heteroatoms. The lowest BCUT2D eigenvalue weighted by Crippen LogP contribution is -2.73. The van der Waals surface area contributed by atoms with E-state index in [0.29, 0.717) is 41.5 Å². The maximum absolute atomic E-state index is 13.6. The molecule has 0 unspecified atom stereocenters. The van der Waals surface area contributed by atoms with E-state index in [1.807, 2.05) is 26.5 Å². The molecule has 206 valence electrons. The van der Waals surface area contributed by atoms with Gasteiger partial charge in [-0.2, -0.15) is 13.2 Å². The van der Waals surface area contributed by atoms with Crippen LogP contribution in [0.15, 0.2) is 24.4 Å². The molecule has 0 amide bonds. The molecule has 9 nitrogen and oxygen atoms in total. The first-order valence-electron chi connectivity index (χ1n) is 12.7. The Morgan fingerprint density at radius 2 is 1.77 bits per heavy atom. The van der Waals surface area contributed by atoms with Crippen molar-refractivity contribution in [3.8, 4) is 5.69 Å². The Morgan fingerprint density at radius 1 is 1.05 bits per heavy atom. The molecule has 7 rings (SSSR count). The number of benzene rings is 1. The molecular formula is C25H25ClF4N8O. The first kappa shape index (κ1) is 25.0. The molecule has 3 fully saturated rings. The molecule has 0 radical (unpaired) electrons. The molecule has 1 spiro atoms. The van der Waals surface area contributed by atoms with Gasteiger partial charge in [-0.25, -0.2) is 14.4 Å². The van der Waals surface area contributed by atoms with E-state index in [9.17, 15) is 22.7 Å². The third-order valence-corrected chi connectivity index (χ3v) is 8.72. The zero-order chi connectivity index (χ0) is 27.3. The quantitative estimate of drug-likeness (QED) is 0.485. The largest absolute Gasteiger partial charge is 0.417 e. The summed E-state index contributed by atoms with van der Waals surface area (Å²) in [5, 5.41) is 19.5. The van der Waals surface area contributed by atoms with Crippen LogP contribution < -0.4 is 9.80 Å². The molecule has 2 saturated heterocycles. The Labute approximate surface area is 226 Å². The van der Waals surface area contributed by atoms with Crippen molar-refractivity contribution < 1.29 is 22.7 Å². The van der Waals surface area contributed by atoms with Crippen LogP contribution in [0, 0.1) is 18.2 Å². The molecule has 2 aromatic heterocycles. The highest BCUT2D eigenvalue weighted by molar-refractivity contribution is 6.30. The Hall–Kier alpha value is -3.03. The van der Waals surface area contributed by atoms with Crippen molar-refractivity contribution in [3.05, 3.63) is 52.3 Å². The van der Waals surface area contributed by atoms with Crippen molar-refractivity contribution >= 4 is 23.5 Å². The Bertz CT molecular complexity index is 1460. The van der Waals surface area contributed by atoms with Crippen LogP contribution in [0.4, 0.5) is 29.5 Å². The smallest absolute Gasteiger partial charge is 0.380 e. The van der Waals surface area contributed by atoms with Gasteiger partial charge in [-0.05, 0) is 30.7 Å². The van der Waals surface area contributed by atoms with E-state index in [1.54, 1.807) is 13.0 Å². The highest BCUT2D eigenvalue weighted by atomic mass is 35.5. The zero-order valence-electron chi connectivity index (χ0n) is 21.0. The molecule has 4 aliphatic rings. The molecular weight excluding hydrogens is 540 g/mol. The number of aromatic nitrogens is 5. The van der Waals surface area contributed by atoms with Crippen LogP contribution in [-0.2, 0) is 13.1 Å². The number of fused-ring (bicyclic) bond motifs is 3. The van der Waals surface area contributed by atoms with Crippen molar-refractivity contribution in [2.45, 2.75) is 50.7 Å². The molecule has 1 N–H and O–H groups in total. The van der Waals surface area contributed by atoms with Gasteiger partial charge >= 0.3 is 6.18 Å². The minimum absolute atomic E-state index is 0.0472. The summed E-state index contributed by atoms with van der Waals surface area (Å²) in [6.07, 6.45) is -4.22. The normalized spacial score (nSPS) is 25.9. The number of hydrogen-bond acceptors (Lipinski definition) is 8. The molecule has 3 aromatic rings. The maximum Gasteiger partial charge on any atom is 0.417 e. The fourth-order valence-corrected chi connectivity index (χ4v) is 6.48. The lowest BCUT2D eigenvalue weighted by atomic mass is 9.73. The van der Waals surface area contributed by atoms with Gasteiger partial charge in [0, 0.05) is 62.0 Å².